The second-order valence-electron chi connectivity index (χ2n) is 11.3. The largest absolute Gasteiger partial charge is 0.496 e. The highest BCUT2D eigenvalue weighted by Crippen LogP contribution is 2.46. The van der Waals surface area contributed by atoms with Crippen LogP contribution in [0.3, 0.4) is 0 Å². The summed E-state index contributed by atoms with van der Waals surface area (Å²) in [6, 6.07) is 14.3. The number of aromatic nitrogens is 2. The standard InChI is InChI=1S/C33H29N3O6/c1-41-27-15-25(36-29-22(18-5-6-18)3-2-4-23(27)29)31(38)28-30(37)24-14-19(20-13-21(32(39)40)17-35-16-20)7-8-26(24)42-33(28)9-11-34-12-10-33/h2-4,7-8,13-18,28,34H,5-6,9-12H2,1H3,(H,39,40). The molecule has 4 aromatic rings. The molecule has 0 radical (unpaired) electrons. The molecule has 212 valence electrons. The summed E-state index contributed by atoms with van der Waals surface area (Å²) >= 11 is 0. The molecule has 1 atom stereocenters. The highest BCUT2D eigenvalue weighted by atomic mass is 16.5. The van der Waals surface area contributed by atoms with E-state index in [2.05, 4.69) is 16.4 Å². The molecule has 2 N–H and O–H groups in total. The van der Waals surface area contributed by atoms with Gasteiger partial charge in [-0.15, -0.1) is 0 Å². The van der Waals surface area contributed by atoms with Crippen LogP contribution in [0.5, 0.6) is 11.5 Å². The number of carbonyl (C=O) groups is 3. The average Bonchev–Trinajstić information content (AvgIpc) is 3.86. The van der Waals surface area contributed by atoms with Gasteiger partial charge in [0.25, 0.3) is 0 Å². The molecule has 9 nitrogen and oxygen atoms in total. The number of methoxy groups -OCH3 is 1. The van der Waals surface area contributed by atoms with Gasteiger partial charge in [-0.1, -0.05) is 18.2 Å². The number of piperidine rings is 1. The summed E-state index contributed by atoms with van der Waals surface area (Å²) in [5, 5.41) is 13.6. The normalized spacial score (nSPS) is 19.3. The minimum Gasteiger partial charge on any atom is -0.496 e. The molecule has 7 rings (SSSR count). The number of rotatable bonds is 6. The lowest BCUT2D eigenvalue weighted by atomic mass is 9.71. The summed E-state index contributed by atoms with van der Waals surface area (Å²) in [7, 11) is 1.57. The van der Waals surface area contributed by atoms with E-state index in [1.54, 1.807) is 37.6 Å². The number of nitrogens with one attached hydrogen (secondary N) is 1. The number of carboxylic acid groups (broad SMARTS) is 1. The number of ketones is 2. The maximum atomic E-state index is 14.5. The van der Waals surface area contributed by atoms with Gasteiger partial charge < -0.3 is 19.9 Å². The van der Waals surface area contributed by atoms with Crippen LogP contribution in [0.4, 0.5) is 0 Å². The average molecular weight is 564 g/mol. The van der Waals surface area contributed by atoms with Crippen LogP contribution < -0.4 is 14.8 Å². The molecule has 42 heavy (non-hydrogen) atoms. The Hall–Kier alpha value is -4.63. The summed E-state index contributed by atoms with van der Waals surface area (Å²) < 4.78 is 12.3. The Bertz CT molecular complexity index is 1770. The predicted molar refractivity (Wildman–Crippen MR) is 155 cm³/mol. The molecule has 0 bridgehead atoms. The van der Waals surface area contributed by atoms with Crippen LogP contribution in [0.15, 0.2) is 60.9 Å². The van der Waals surface area contributed by atoms with E-state index in [0.29, 0.717) is 54.5 Å². The monoisotopic (exact) mass is 563 g/mol. The first-order valence-corrected chi connectivity index (χ1v) is 14.2. The number of para-hydroxylation sites is 1. The SMILES string of the molecule is COc1cc(C(=O)C2C(=O)c3cc(-c4cncc(C(=O)O)c4)ccc3OC23CCNCC3)nc2c(C3CC3)cccc12. The van der Waals surface area contributed by atoms with E-state index in [4.69, 9.17) is 14.5 Å². The smallest absolute Gasteiger partial charge is 0.337 e. The van der Waals surface area contributed by atoms with Gasteiger partial charge in [0, 0.05) is 42.3 Å². The molecule has 2 aliphatic heterocycles. The summed E-state index contributed by atoms with van der Waals surface area (Å²) in [5.74, 6) is -1.55. The molecule has 9 heteroatoms. The molecule has 2 aromatic heterocycles. The van der Waals surface area contributed by atoms with E-state index < -0.39 is 23.3 Å². The molecular weight excluding hydrogens is 534 g/mol. The van der Waals surface area contributed by atoms with Gasteiger partial charge in [0.2, 0.25) is 0 Å². The fourth-order valence-corrected chi connectivity index (χ4v) is 6.38. The first-order chi connectivity index (χ1) is 20.4. The minimum absolute atomic E-state index is 0.0383. The van der Waals surface area contributed by atoms with Gasteiger partial charge in [-0.2, -0.15) is 0 Å². The second-order valence-corrected chi connectivity index (χ2v) is 11.3. The number of Topliss-reactive ketones (excluding diaryl/α,β-unsaturated/α-hetero) is 2. The van der Waals surface area contributed by atoms with Crippen molar-refractivity contribution in [2.75, 3.05) is 20.2 Å². The van der Waals surface area contributed by atoms with E-state index >= 15 is 0 Å². The van der Waals surface area contributed by atoms with Crippen LogP contribution in [-0.2, 0) is 0 Å². The van der Waals surface area contributed by atoms with Crippen molar-refractivity contribution < 1.29 is 29.0 Å². The number of fused-ring (bicyclic) bond motifs is 2. The third kappa shape index (κ3) is 4.32. The van der Waals surface area contributed by atoms with Gasteiger partial charge in [0.1, 0.15) is 28.7 Å². The van der Waals surface area contributed by atoms with Crippen LogP contribution >= 0.6 is 0 Å². The van der Waals surface area contributed by atoms with Crippen molar-refractivity contribution in [3.05, 3.63) is 83.3 Å². The molecule has 1 saturated heterocycles. The molecule has 2 fully saturated rings. The van der Waals surface area contributed by atoms with E-state index in [1.807, 2.05) is 12.1 Å². The van der Waals surface area contributed by atoms with Crippen LogP contribution in [-0.4, -0.2) is 58.4 Å². The van der Waals surface area contributed by atoms with Crippen molar-refractivity contribution >= 4 is 28.4 Å². The molecule has 2 aromatic carbocycles. The van der Waals surface area contributed by atoms with Crippen molar-refractivity contribution in [1.29, 1.82) is 0 Å². The summed E-state index contributed by atoms with van der Waals surface area (Å²) in [4.78, 5) is 49.3. The first kappa shape index (κ1) is 26.3. The zero-order valence-corrected chi connectivity index (χ0v) is 23.1. The summed E-state index contributed by atoms with van der Waals surface area (Å²) in [6.45, 7) is 1.22. The number of carboxylic acids is 1. The zero-order valence-electron chi connectivity index (χ0n) is 23.1. The number of hydrogen-bond acceptors (Lipinski definition) is 8. The van der Waals surface area contributed by atoms with E-state index in [0.717, 1.165) is 29.3 Å². The number of benzene rings is 2. The Morgan fingerprint density at radius 1 is 1.05 bits per heavy atom. The highest BCUT2D eigenvalue weighted by Gasteiger charge is 2.54. The number of carbonyl (C=O) groups excluding carboxylic acids is 2. The third-order valence-electron chi connectivity index (χ3n) is 8.70. The molecule has 3 aliphatic rings. The van der Waals surface area contributed by atoms with Gasteiger partial charge in [-0.05, 0) is 67.2 Å². The van der Waals surface area contributed by atoms with E-state index in [9.17, 15) is 19.5 Å². The van der Waals surface area contributed by atoms with Crippen LogP contribution in [0.1, 0.15) is 68.4 Å². The Kier molecular flexibility index (Phi) is 6.27. The topological polar surface area (TPSA) is 128 Å². The molecule has 4 heterocycles. The number of hydrogen-bond donors (Lipinski definition) is 2. The third-order valence-corrected chi connectivity index (χ3v) is 8.70. The summed E-state index contributed by atoms with van der Waals surface area (Å²) in [5.41, 5.74) is 2.47. The summed E-state index contributed by atoms with van der Waals surface area (Å²) in [6.07, 6.45) is 5.94. The van der Waals surface area contributed by atoms with Crippen molar-refractivity contribution in [2.24, 2.45) is 5.92 Å². The molecule has 1 unspecified atom stereocenters. The fraction of sp³-hybridized carbons (Fsp3) is 0.303. The van der Waals surface area contributed by atoms with Crippen LogP contribution in [0.2, 0.25) is 0 Å². The Morgan fingerprint density at radius 2 is 1.86 bits per heavy atom. The number of aromatic carboxylic acids is 1. The van der Waals surface area contributed by atoms with Crippen molar-refractivity contribution in [3.63, 3.8) is 0 Å². The molecule has 1 spiro atoms. The van der Waals surface area contributed by atoms with Crippen LogP contribution in [0, 0.1) is 5.92 Å². The Balaban J connectivity index is 1.34. The maximum Gasteiger partial charge on any atom is 0.337 e. The minimum atomic E-state index is -1.10. The number of pyridine rings is 2. The van der Waals surface area contributed by atoms with Gasteiger partial charge in [0.05, 0.1) is 23.8 Å². The second kappa shape index (κ2) is 10.0. The van der Waals surface area contributed by atoms with Crippen molar-refractivity contribution in [3.8, 4) is 22.6 Å². The molecular formula is C33H29N3O6. The number of ether oxygens (including phenoxy) is 2. The maximum absolute atomic E-state index is 14.5. The zero-order chi connectivity index (χ0) is 29.0. The van der Waals surface area contributed by atoms with E-state index in [1.165, 1.54) is 12.3 Å². The lowest BCUT2D eigenvalue weighted by Gasteiger charge is -2.45. The van der Waals surface area contributed by atoms with Gasteiger partial charge in [-0.25, -0.2) is 9.78 Å². The molecule has 1 aliphatic carbocycles. The van der Waals surface area contributed by atoms with Crippen molar-refractivity contribution in [1.82, 2.24) is 15.3 Å². The quantitative estimate of drug-likeness (QED) is 0.244. The first-order valence-electron chi connectivity index (χ1n) is 14.2. The fourth-order valence-electron chi connectivity index (χ4n) is 6.38. The van der Waals surface area contributed by atoms with Gasteiger partial charge in [0.15, 0.2) is 11.6 Å². The Morgan fingerprint density at radius 3 is 2.60 bits per heavy atom. The van der Waals surface area contributed by atoms with E-state index in [-0.39, 0.29) is 22.6 Å². The van der Waals surface area contributed by atoms with Gasteiger partial charge >= 0.3 is 5.97 Å². The molecule has 1 saturated carbocycles. The predicted octanol–water partition coefficient (Wildman–Crippen LogP) is 5.08. The van der Waals surface area contributed by atoms with Crippen molar-refractivity contribution in [2.45, 2.75) is 37.2 Å². The lowest BCUT2D eigenvalue weighted by Crippen LogP contribution is -2.58. The Labute approximate surface area is 241 Å². The number of nitrogens with zero attached hydrogens (tertiary/aromatic N) is 2. The molecule has 0 amide bonds. The van der Waals surface area contributed by atoms with Gasteiger partial charge in [-0.3, -0.25) is 14.6 Å². The lowest BCUT2D eigenvalue weighted by molar-refractivity contribution is -0.0139. The van der Waals surface area contributed by atoms with Crippen LogP contribution in [0.25, 0.3) is 22.0 Å². The highest BCUT2D eigenvalue weighted by molar-refractivity contribution is 6.19.